The predicted octanol–water partition coefficient (Wildman–Crippen LogP) is 4.06. The van der Waals surface area contributed by atoms with Crippen molar-refractivity contribution >= 4 is 10.0 Å². The maximum absolute atomic E-state index is 13.1. The smallest absolute Gasteiger partial charge is 0.239 e. The number of sulfonamides is 1. The van der Waals surface area contributed by atoms with E-state index in [9.17, 15) is 8.42 Å². The van der Waals surface area contributed by atoms with Crippen molar-refractivity contribution in [2.75, 3.05) is 6.54 Å². The number of benzene rings is 3. The molecule has 0 saturated carbocycles. The van der Waals surface area contributed by atoms with E-state index in [1.165, 1.54) is 0 Å². The fraction of sp³-hybridized carbons (Fsp3) is 0.0870. The Morgan fingerprint density at radius 2 is 1.38 bits per heavy atom. The van der Waals surface area contributed by atoms with E-state index in [0.29, 0.717) is 18.7 Å². The molecule has 0 aliphatic carbocycles. The summed E-state index contributed by atoms with van der Waals surface area (Å²) in [6.07, 6.45) is 2.19. The summed E-state index contributed by atoms with van der Waals surface area (Å²) in [7, 11) is -3.73. The lowest BCUT2D eigenvalue weighted by atomic mass is 10.2. The molecule has 0 spiro atoms. The number of hydrogen-bond acceptors (Lipinski definition) is 3. The molecular weight excluding hydrogens is 382 g/mol. The Morgan fingerprint density at radius 1 is 0.793 bits per heavy atom. The molecule has 0 fully saturated rings. The molecule has 146 valence electrons. The average Bonchev–Trinajstić information content (AvgIpc) is 3.22. The molecule has 1 heterocycles. The Labute approximate surface area is 170 Å². The topological polar surface area (TPSA) is 64.0 Å². The van der Waals surface area contributed by atoms with Crippen LogP contribution in [0.25, 0.3) is 16.9 Å². The van der Waals surface area contributed by atoms with Crippen molar-refractivity contribution in [3.05, 3.63) is 103 Å². The van der Waals surface area contributed by atoms with E-state index in [0.717, 1.165) is 16.8 Å². The number of rotatable bonds is 7. The average molecular weight is 404 g/mol. The maximum Gasteiger partial charge on any atom is 0.244 e. The zero-order valence-corrected chi connectivity index (χ0v) is 16.6. The quantitative estimate of drug-likeness (QED) is 0.506. The van der Waals surface area contributed by atoms with Crippen LogP contribution in [0.5, 0.6) is 0 Å². The van der Waals surface area contributed by atoms with Crippen LogP contribution in [0.1, 0.15) is 5.56 Å². The molecule has 0 aliphatic rings. The van der Waals surface area contributed by atoms with Crippen LogP contribution in [-0.4, -0.2) is 24.7 Å². The third kappa shape index (κ3) is 4.45. The van der Waals surface area contributed by atoms with Crippen molar-refractivity contribution in [1.82, 2.24) is 14.5 Å². The van der Waals surface area contributed by atoms with Crippen LogP contribution in [0.3, 0.4) is 0 Å². The van der Waals surface area contributed by atoms with Crippen molar-refractivity contribution in [3.63, 3.8) is 0 Å². The Hall–Kier alpha value is -3.22. The lowest BCUT2D eigenvalue weighted by Gasteiger charge is -2.07. The lowest BCUT2D eigenvalue weighted by Crippen LogP contribution is -2.26. The molecule has 0 saturated heterocycles. The molecule has 1 aromatic heterocycles. The summed E-state index contributed by atoms with van der Waals surface area (Å²) < 4.78 is 30.5. The largest absolute Gasteiger partial charge is 0.244 e. The van der Waals surface area contributed by atoms with Crippen LogP contribution in [0, 0.1) is 0 Å². The third-order valence-electron chi connectivity index (χ3n) is 4.59. The predicted molar refractivity (Wildman–Crippen MR) is 114 cm³/mol. The van der Waals surface area contributed by atoms with E-state index < -0.39 is 10.0 Å². The van der Waals surface area contributed by atoms with Crippen molar-refractivity contribution < 1.29 is 8.42 Å². The van der Waals surface area contributed by atoms with Gasteiger partial charge in [0.25, 0.3) is 0 Å². The minimum absolute atomic E-state index is 0.167. The Morgan fingerprint density at radius 3 is 2.03 bits per heavy atom. The zero-order chi connectivity index (χ0) is 20.1. The number of nitrogens with zero attached hydrogens (tertiary/aromatic N) is 2. The van der Waals surface area contributed by atoms with Gasteiger partial charge in [-0.3, -0.25) is 0 Å². The fourth-order valence-electron chi connectivity index (χ4n) is 3.12. The molecule has 0 amide bonds. The fourth-order valence-corrected chi connectivity index (χ4v) is 4.29. The van der Waals surface area contributed by atoms with Crippen LogP contribution in [0.4, 0.5) is 0 Å². The van der Waals surface area contributed by atoms with Crippen LogP contribution in [0.2, 0.25) is 0 Å². The third-order valence-corrected chi connectivity index (χ3v) is 6.05. The zero-order valence-electron chi connectivity index (χ0n) is 15.8. The highest BCUT2D eigenvalue weighted by Gasteiger charge is 2.23. The van der Waals surface area contributed by atoms with E-state index in [1.54, 1.807) is 10.9 Å². The van der Waals surface area contributed by atoms with Crippen LogP contribution in [0.15, 0.2) is 102 Å². The van der Waals surface area contributed by atoms with Gasteiger partial charge in [0.1, 0.15) is 10.6 Å². The summed E-state index contributed by atoms with van der Waals surface area (Å²) >= 11 is 0. The van der Waals surface area contributed by atoms with Gasteiger partial charge >= 0.3 is 0 Å². The van der Waals surface area contributed by atoms with Crippen LogP contribution >= 0.6 is 0 Å². The molecule has 1 N–H and O–H groups in total. The van der Waals surface area contributed by atoms with Gasteiger partial charge in [-0.1, -0.05) is 78.9 Å². The molecular formula is C23H21N3O2S. The van der Waals surface area contributed by atoms with Crippen LogP contribution < -0.4 is 4.72 Å². The van der Waals surface area contributed by atoms with Gasteiger partial charge in [0.15, 0.2) is 0 Å². The van der Waals surface area contributed by atoms with Crippen molar-refractivity contribution in [2.45, 2.75) is 11.3 Å². The van der Waals surface area contributed by atoms with Gasteiger partial charge in [0.2, 0.25) is 10.0 Å². The summed E-state index contributed by atoms with van der Waals surface area (Å²) in [6, 6.07) is 28.6. The molecule has 5 nitrogen and oxygen atoms in total. The molecule has 4 rings (SSSR count). The number of aromatic nitrogens is 2. The second-order valence-electron chi connectivity index (χ2n) is 6.62. The molecule has 0 bridgehead atoms. The highest BCUT2D eigenvalue weighted by Crippen LogP contribution is 2.27. The Kier molecular flexibility index (Phi) is 5.55. The second-order valence-corrected chi connectivity index (χ2v) is 8.36. The van der Waals surface area contributed by atoms with E-state index in [1.807, 2.05) is 91.0 Å². The molecule has 29 heavy (non-hydrogen) atoms. The monoisotopic (exact) mass is 403 g/mol. The van der Waals surface area contributed by atoms with E-state index in [4.69, 9.17) is 0 Å². The number of nitrogens with one attached hydrogen (secondary N) is 1. The van der Waals surface area contributed by atoms with Gasteiger partial charge in [-0.15, -0.1) is 0 Å². The van der Waals surface area contributed by atoms with Crippen molar-refractivity contribution in [2.24, 2.45) is 0 Å². The van der Waals surface area contributed by atoms with Crippen LogP contribution in [-0.2, 0) is 16.4 Å². The number of para-hydroxylation sites is 1. The lowest BCUT2D eigenvalue weighted by molar-refractivity contribution is 0.582. The molecule has 6 heteroatoms. The highest BCUT2D eigenvalue weighted by molar-refractivity contribution is 7.89. The van der Waals surface area contributed by atoms with Gasteiger partial charge in [-0.25, -0.2) is 17.8 Å². The normalized spacial score (nSPS) is 11.4. The van der Waals surface area contributed by atoms with E-state index >= 15 is 0 Å². The molecule has 0 aliphatic heterocycles. The summed E-state index contributed by atoms with van der Waals surface area (Å²) in [5, 5.41) is 4.58. The van der Waals surface area contributed by atoms with Gasteiger partial charge in [-0.05, 0) is 24.1 Å². The summed E-state index contributed by atoms with van der Waals surface area (Å²) in [5.41, 5.74) is 3.07. The Bertz CT molecular complexity index is 1170. The minimum Gasteiger partial charge on any atom is -0.239 e. The summed E-state index contributed by atoms with van der Waals surface area (Å²) in [6.45, 7) is 0.317. The van der Waals surface area contributed by atoms with E-state index in [2.05, 4.69) is 9.82 Å². The molecule has 4 aromatic rings. The minimum atomic E-state index is -3.73. The molecule has 3 aromatic carbocycles. The SMILES string of the molecule is O=S(=O)(NCCc1ccccc1)c1cn(-c2ccccc2)nc1-c1ccccc1. The summed E-state index contributed by atoms with van der Waals surface area (Å²) in [5.74, 6) is 0. The highest BCUT2D eigenvalue weighted by atomic mass is 32.2. The maximum atomic E-state index is 13.1. The summed E-state index contributed by atoms with van der Waals surface area (Å²) in [4.78, 5) is 0.167. The first-order valence-corrected chi connectivity index (χ1v) is 10.9. The standard InChI is InChI=1S/C23H21N3O2S/c27-29(28,24-17-16-19-10-4-1-5-11-19)22-18-26(21-14-8-3-9-15-21)25-23(22)20-12-6-2-7-13-20/h1-15,18,24H,16-17H2. The molecule has 0 radical (unpaired) electrons. The van der Waals surface area contributed by atoms with Crippen molar-refractivity contribution in [3.8, 4) is 16.9 Å². The first-order valence-electron chi connectivity index (χ1n) is 9.37. The van der Waals surface area contributed by atoms with Crippen molar-refractivity contribution in [1.29, 1.82) is 0 Å². The molecule has 0 unspecified atom stereocenters. The Balaban J connectivity index is 1.66. The first kappa shape index (κ1) is 19.1. The molecule has 0 atom stereocenters. The van der Waals surface area contributed by atoms with Gasteiger partial charge in [-0.2, -0.15) is 5.10 Å². The van der Waals surface area contributed by atoms with Gasteiger partial charge in [0.05, 0.1) is 11.9 Å². The van der Waals surface area contributed by atoms with Gasteiger partial charge < -0.3 is 0 Å². The second kappa shape index (κ2) is 8.43. The first-order chi connectivity index (χ1) is 14.1. The van der Waals surface area contributed by atoms with Gasteiger partial charge in [0, 0.05) is 12.1 Å². The van der Waals surface area contributed by atoms with E-state index in [-0.39, 0.29) is 4.90 Å². The number of hydrogen-bond donors (Lipinski definition) is 1.